The highest BCUT2D eigenvalue weighted by Crippen LogP contribution is 2.30. The van der Waals surface area contributed by atoms with Crippen LogP contribution in [0.3, 0.4) is 0 Å². The van der Waals surface area contributed by atoms with Gasteiger partial charge in [0.15, 0.2) is 0 Å². The third-order valence-corrected chi connectivity index (χ3v) is 3.87. The summed E-state index contributed by atoms with van der Waals surface area (Å²) in [5.74, 6) is 1.77. The summed E-state index contributed by atoms with van der Waals surface area (Å²) in [4.78, 5) is 0. The molecule has 0 saturated heterocycles. The molecule has 3 heteroatoms. The maximum Gasteiger partial charge on any atom is 0.123 e. The summed E-state index contributed by atoms with van der Waals surface area (Å²) < 4.78 is 5.92. The Labute approximate surface area is 121 Å². The van der Waals surface area contributed by atoms with Crippen molar-refractivity contribution in [1.82, 2.24) is 5.32 Å². The molecule has 2 rings (SSSR count). The van der Waals surface area contributed by atoms with E-state index in [1.54, 1.807) is 0 Å². The van der Waals surface area contributed by atoms with Gasteiger partial charge in [-0.05, 0) is 49.4 Å². The molecule has 1 heterocycles. The van der Waals surface area contributed by atoms with Crippen LogP contribution in [-0.2, 0) is 6.42 Å². The van der Waals surface area contributed by atoms with Gasteiger partial charge in [0, 0.05) is 24.0 Å². The van der Waals surface area contributed by atoms with Gasteiger partial charge in [-0.3, -0.25) is 0 Å². The zero-order valence-electron chi connectivity index (χ0n) is 12.1. The minimum atomic E-state index is 0.245. The van der Waals surface area contributed by atoms with Crippen molar-refractivity contribution in [2.24, 2.45) is 5.92 Å². The van der Waals surface area contributed by atoms with E-state index < -0.39 is 0 Å². The van der Waals surface area contributed by atoms with E-state index in [1.807, 2.05) is 18.2 Å². The van der Waals surface area contributed by atoms with Crippen molar-refractivity contribution in [1.29, 1.82) is 0 Å². The van der Waals surface area contributed by atoms with Gasteiger partial charge in [-0.25, -0.2) is 0 Å². The van der Waals surface area contributed by atoms with Crippen molar-refractivity contribution in [2.45, 2.75) is 52.2 Å². The molecule has 1 N–H and O–H groups in total. The number of fused-ring (bicyclic) bond motifs is 1. The van der Waals surface area contributed by atoms with Crippen LogP contribution in [0.25, 0.3) is 0 Å². The molecule has 1 aromatic carbocycles. The highest BCUT2D eigenvalue weighted by molar-refractivity contribution is 6.30. The van der Waals surface area contributed by atoms with Gasteiger partial charge in [-0.2, -0.15) is 0 Å². The van der Waals surface area contributed by atoms with Crippen molar-refractivity contribution in [3.63, 3.8) is 0 Å². The van der Waals surface area contributed by atoms with Crippen LogP contribution in [0.1, 0.15) is 39.2 Å². The number of hydrogen-bond donors (Lipinski definition) is 1. The fraction of sp³-hybridized carbons (Fsp3) is 0.625. The number of nitrogens with one attached hydrogen (secondary N) is 1. The van der Waals surface area contributed by atoms with Crippen LogP contribution in [0.2, 0.25) is 5.02 Å². The second-order valence-corrected chi connectivity index (χ2v) is 6.41. The van der Waals surface area contributed by atoms with Gasteiger partial charge >= 0.3 is 0 Å². The SMILES string of the molecule is CC(C)CCC(C)NCC1Cc2cc(Cl)ccc2O1. The summed E-state index contributed by atoms with van der Waals surface area (Å²) in [6, 6.07) is 6.43. The molecule has 1 aliphatic rings. The molecule has 0 bridgehead atoms. The van der Waals surface area contributed by atoms with Crippen molar-refractivity contribution >= 4 is 11.6 Å². The molecule has 1 aliphatic heterocycles. The van der Waals surface area contributed by atoms with Crippen LogP contribution < -0.4 is 10.1 Å². The fourth-order valence-electron chi connectivity index (χ4n) is 2.42. The topological polar surface area (TPSA) is 21.3 Å². The van der Waals surface area contributed by atoms with Gasteiger partial charge in [0.2, 0.25) is 0 Å². The zero-order chi connectivity index (χ0) is 13.8. The first-order valence-electron chi connectivity index (χ1n) is 7.23. The van der Waals surface area contributed by atoms with Crippen LogP contribution in [0.15, 0.2) is 18.2 Å². The Morgan fingerprint density at radius 1 is 1.32 bits per heavy atom. The Morgan fingerprint density at radius 2 is 2.11 bits per heavy atom. The Balaban J connectivity index is 1.75. The van der Waals surface area contributed by atoms with E-state index in [1.165, 1.54) is 18.4 Å². The lowest BCUT2D eigenvalue weighted by Gasteiger charge is -2.18. The van der Waals surface area contributed by atoms with Crippen LogP contribution in [-0.4, -0.2) is 18.7 Å². The number of halogens is 1. The molecule has 0 amide bonds. The number of rotatable bonds is 6. The Bertz CT molecular complexity index is 419. The van der Waals surface area contributed by atoms with E-state index in [9.17, 15) is 0 Å². The van der Waals surface area contributed by atoms with E-state index in [-0.39, 0.29) is 6.10 Å². The second kappa shape index (κ2) is 6.62. The van der Waals surface area contributed by atoms with Crippen molar-refractivity contribution in [3.8, 4) is 5.75 Å². The van der Waals surface area contributed by atoms with Gasteiger partial charge in [0.25, 0.3) is 0 Å². The summed E-state index contributed by atoms with van der Waals surface area (Å²) in [7, 11) is 0. The number of benzene rings is 1. The maximum absolute atomic E-state index is 6.00. The normalized spacial score (nSPS) is 19.3. The molecule has 0 radical (unpaired) electrons. The summed E-state index contributed by atoms with van der Waals surface area (Å²) in [6.07, 6.45) is 3.70. The predicted octanol–water partition coefficient (Wildman–Crippen LogP) is 4.06. The first kappa shape index (κ1) is 14.7. The highest BCUT2D eigenvalue weighted by atomic mass is 35.5. The predicted molar refractivity (Wildman–Crippen MR) is 81.1 cm³/mol. The minimum Gasteiger partial charge on any atom is -0.488 e. The highest BCUT2D eigenvalue weighted by Gasteiger charge is 2.23. The molecular weight excluding hydrogens is 258 g/mol. The Hall–Kier alpha value is -0.730. The van der Waals surface area contributed by atoms with Crippen LogP contribution in [0.4, 0.5) is 0 Å². The van der Waals surface area contributed by atoms with E-state index in [0.717, 1.165) is 29.7 Å². The van der Waals surface area contributed by atoms with E-state index in [2.05, 4.69) is 26.1 Å². The molecule has 0 aromatic heterocycles. The van der Waals surface area contributed by atoms with Gasteiger partial charge in [-0.15, -0.1) is 0 Å². The molecule has 2 atom stereocenters. The Morgan fingerprint density at radius 3 is 2.84 bits per heavy atom. The smallest absolute Gasteiger partial charge is 0.123 e. The quantitative estimate of drug-likeness (QED) is 0.849. The summed E-state index contributed by atoms with van der Waals surface area (Å²) in [5.41, 5.74) is 1.23. The molecule has 106 valence electrons. The molecule has 0 fully saturated rings. The van der Waals surface area contributed by atoms with Crippen molar-refractivity contribution in [2.75, 3.05) is 6.54 Å². The van der Waals surface area contributed by atoms with Gasteiger partial charge in [0.1, 0.15) is 11.9 Å². The molecular formula is C16H24ClNO. The van der Waals surface area contributed by atoms with Crippen molar-refractivity contribution < 1.29 is 4.74 Å². The van der Waals surface area contributed by atoms with Crippen LogP contribution in [0, 0.1) is 5.92 Å². The third-order valence-electron chi connectivity index (χ3n) is 3.63. The largest absolute Gasteiger partial charge is 0.488 e. The average Bonchev–Trinajstić information content (AvgIpc) is 2.75. The maximum atomic E-state index is 6.00. The molecule has 19 heavy (non-hydrogen) atoms. The molecule has 0 spiro atoms. The van der Waals surface area contributed by atoms with E-state index in [0.29, 0.717) is 6.04 Å². The van der Waals surface area contributed by atoms with E-state index in [4.69, 9.17) is 16.3 Å². The van der Waals surface area contributed by atoms with Gasteiger partial charge < -0.3 is 10.1 Å². The average molecular weight is 282 g/mol. The van der Waals surface area contributed by atoms with Gasteiger partial charge in [-0.1, -0.05) is 25.4 Å². The second-order valence-electron chi connectivity index (χ2n) is 5.98. The number of hydrogen-bond acceptors (Lipinski definition) is 2. The molecule has 1 aromatic rings. The van der Waals surface area contributed by atoms with Crippen LogP contribution in [0.5, 0.6) is 5.75 Å². The van der Waals surface area contributed by atoms with Gasteiger partial charge in [0.05, 0.1) is 0 Å². The zero-order valence-corrected chi connectivity index (χ0v) is 12.8. The minimum absolute atomic E-state index is 0.245. The van der Waals surface area contributed by atoms with E-state index >= 15 is 0 Å². The lowest BCUT2D eigenvalue weighted by Crippen LogP contribution is -2.36. The summed E-state index contributed by atoms with van der Waals surface area (Å²) >= 11 is 6.00. The monoisotopic (exact) mass is 281 g/mol. The molecule has 0 saturated carbocycles. The standard InChI is InChI=1S/C16H24ClNO/c1-11(2)4-5-12(3)18-10-15-9-13-8-14(17)6-7-16(13)19-15/h6-8,11-12,15,18H,4-5,9-10H2,1-3H3. The first-order chi connectivity index (χ1) is 9.04. The lowest BCUT2D eigenvalue weighted by atomic mass is 10.0. The van der Waals surface area contributed by atoms with Crippen LogP contribution >= 0.6 is 11.6 Å². The van der Waals surface area contributed by atoms with Crippen molar-refractivity contribution in [3.05, 3.63) is 28.8 Å². The molecule has 0 aliphatic carbocycles. The molecule has 2 unspecified atom stereocenters. The molecule has 2 nitrogen and oxygen atoms in total. The summed E-state index contributed by atoms with van der Waals surface area (Å²) in [5, 5.41) is 4.36. The first-order valence-corrected chi connectivity index (χ1v) is 7.61. The summed E-state index contributed by atoms with van der Waals surface area (Å²) in [6.45, 7) is 7.70. The Kier molecular flexibility index (Phi) is 5.12. The number of ether oxygens (including phenoxy) is 1. The fourth-order valence-corrected chi connectivity index (χ4v) is 2.62. The lowest BCUT2D eigenvalue weighted by molar-refractivity contribution is 0.220. The third kappa shape index (κ3) is 4.39.